The molecule has 0 aromatic heterocycles. The van der Waals surface area contributed by atoms with Crippen molar-refractivity contribution in [1.82, 2.24) is 4.90 Å². The Balaban J connectivity index is 1.74. The Morgan fingerprint density at radius 3 is 2.42 bits per heavy atom. The Bertz CT molecular complexity index is 466. The molecule has 2 aliphatic carbocycles. The molecule has 0 aromatic carbocycles. The smallest absolute Gasteiger partial charge is 0.267 e. The molecule has 1 heterocycles. The Kier molecular flexibility index (Phi) is 3.21. The number of hydrogen-bond donors (Lipinski definition) is 0. The van der Waals surface area contributed by atoms with E-state index in [1.807, 2.05) is 11.9 Å². The fourth-order valence-corrected chi connectivity index (χ4v) is 3.03. The topological polar surface area (TPSA) is 49.7 Å². The fourth-order valence-electron chi connectivity index (χ4n) is 2.83. The number of halogens is 1. The molecule has 0 spiro atoms. The molecule has 1 aliphatic heterocycles. The quantitative estimate of drug-likeness (QED) is 0.737. The zero-order valence-corrected chi connectivity index (χ0v) is 11.6. The summed E-state index contributed by atoms with van der Waals surface area (Å²) < 4.78 is 0. The zero-order valence-electron chi connectivity index (χ0n) is 10.9. The van der Waals surface area contributed by atoms with E-state index in [1.165, 1.54) is 38.0 Å². The second-order valence-electron chi connectivity index (χ2n) is 5.70. The molecule has 5 heteroatoms. The van der Waals surface area contributed by atoms with E-state index < -0.39 is 11.3 Å². The maximum absolute atomic E-state index is 12.5. The number of aliphatic imine (C=N–C) groups is 1. The van der Waals surface area contributed by atoms with Crippen LogP contribution in [0.1, 0.15) is 25.7 Å². The Morgan fingerprint density at radius 2 is 1.95 bits per heavy atom. The van der Waals surface area contributed by atoms with Crippen molar-refractivity contribution in [3.8, 4) is 0 Å². The maximum Gasteiger partial charge on any atom is 0.267 e. The molecule has 4 nitrogen and oxygen atoms in total. The minimum absolute atomic E-state index is 0.0642. The number of dihydropyridines is 1. The van der Waals surface area contributed by atoms with Crippen molar-refractivity contribution in [1.29, 1.82) is 0 Å². The van der Waals surface area contributed by atoms with Crippen LogP contribution in [0.4, 0.5) is 0 Å². The molecule has 2 amide bonds. The van der Waals surface area contributed by atoms with Crippen molar-refractivity contribution >= 4 is 29.6 Å². The summed E-state index contributed by atoms with van der Waals surface area (Å²) in [4.78, 5) is 29.2. The molecular formula is C14H17ClN2O2. The second-order valence-corrected chi connectivity index (χ2v) is 6.17. The predicted molar refractivity (Wildman–Crippen MR) is 73.2 cm³/mol. The average Bonchev–Trinajstić information content (AvgIpc) is 3.24. The highest BCUT2D eigenvalue weighted by Gasteiger charge is 2.45. The van der Waals surface area contributed by atoms with Gasteiger partial charge < -0.3 is 4.90 Å². The first-order valence-electron chi connectivity index (χ1n) is 6.79. The summed E-state index contributed by atoms with van der Waals surface area (Å²) >= 11 is 5.83. The molecule has 0 bridgehead atoms. The van der Waals surface area contributed by atoms with Gasteiger partial charge in [0, 0.05) is 19.3 Å². The molecule has 2 fully saturated rings. The van der Waals surface area contributed by atoms with Crippen LogP contribution < -0.4 is 0 Å². The summed E-state index contributed by atoms with van der Waals surface area (Å²) in [5.74, 6) is 0.861. The average molecular weight is 281 g/mol. The van der Waals surface area contributed by atoms with Gasteiger partial charge in [0.2, 0.25) is 0 Å². The Morgan fingerprint density at radius 1 is 1.37 bits per heavy atom. The van der Waals surface area contributed by atoms with Gasteiger partial charge in [-0.1, -0.05) is 0 Å². The molecule has 19 heavy (non-hydrogen) atoms. The third kappa shape index (κ3) is 2.59. The first-order valence-corrected chi connectivity index (χ1v) is 7.22. The van der Waals surface area contributed by atoms with E-state index in [-0.39, 0.29) is 5.91 Å². The summed E-state index contributed by atoms with van der Waals surface area (Å²) in [5, 5.41) is -0.808. The van der Waals surface area contributed by atoms with Gasteiger partial charge in [-0.25, -0.2) is 4.99 Å². The van der Waals surface area contributed by atoms with E-state index in [1.54, 1.807) is 0 Å². The van der Waals surface area contributed by atoms with Crippen LogP contribution in [0.25, 0.3) is 0 Å². The second kappa shape index (κ2) is 4.75. The van der Waals surface area contributed by atoms with Gasteiger partial charge in [-0.15, -0.1) is 11.6 Å². The first-order chi connectivity index (χ1) is 9.08. The van der Waals surface area contributed by atoms with Gasteiger partial charge in [0.25, 0.3) is 11.8 Å². The van der Waals surface area contributed by atoms with Crippen LogP contribution in [0.3, 0.4) is 0 Å². The van der Waals surface area contributed by atoms with Crippen LogP contribution in [0.15, 0.2) is 16.6 Å². The lowest BCUT2D eigenvalue weighted by atomic mass is 10.0. The summed E-state index contributed by atoms with van der Waals surface area (Å²) in [6.07, 6.45) is 7.75. The van der Waals surface area contributed by atoms with Gasteiger partial charge in [-0.2, -0.15) is 0 Å². The molecule has 1 unspecified atom stereocenters. The number of likely N-dealkylation sites (N-methyl/N-ethyl adjacent to an activating group) is 1. The van der Waals surface area contributed by atoms with Crippen LogP contribution in [-0.2, 0) is 9.59 Å². The molecule has 3 rings (SSSR count). The summed E-state index contributed by atoms with van der Waals surface area (Å²) in [6.45, 7) is 0. The van der Waals surface area contributed by atoms with Crippen LogP contribution in [-0.4, -0.2) is 41.4 Å². The molecule has 2 saturated carbocycles. The van der Waals surface area contributed by atoms with Crippen molar-refractivity contribution < 1.29 is 9.59 Å². The predicted octanol–water partition coefficient (Wildman–Crippen LogP) is 1.78. The van der Waals surface area contributed by atoms with E-state index in [9.17, 15) is 9.59 Å². The minimum atomic E-state index is -0.808. The summed E-state index contributed by atoms with van der Waals surface area (Å²) in [6, 6.07) is 0.355. The van der Waals surface area contributed by atoms with Crippen molar-refractivity contribution in [3.05, 3.63) is 11.6 Å². The normalized spacial score (nSPS) is 26.6. The molecule has 0 radical (unpaired) electrons. The van der Waals surface area contributed by atoms with Crippen molar-refractivity contribution in [3.63, 3.8) is 0 Å². The van der Waals surface area contributed by atoms with Crippen LogP contribution >= 0.6 is 11.6 Å². The highest BCUT2D eigenvalue weighted by molar-refractivity contribution is 6.35. The van der Waals surface area contributed by atoms with E-state index >= 15 is 0 Å². The SMILES string of the molecule is CN(C(=O)C1=CC(Cl)C(=O)N=C1)C(C1CC1)C1CC1. The highest BCUT2D eigenvalue weighted by atomic mass is 35.5. The molecular weight excluding hydrogens is 264 g/mol. The number of amides is 2. The van der Waals surface area contributed by atoms with Crippen LogP contribution in [0, 0.1) is 11.8 Å². The van der Waals surface area contributed by atoms with E-state index in [0.717, 1.165) is 0 Å². The van der Waals surface area contributed by atoms with Gasteiger partial charge >= 0.3 is 0 Å². The Labute approximate surface area is 117 Å². The van der Waals surface area contributed by atoms with E-state index in [0.29, 0.717) is 23.5 Å². The highest BCUT2D eigenvalue weighted by Crippen LogP contribution is 2.47. The minimum Gasteiger partial charge on any atom is -0.338 e. The van der Waals surface area contributed by atoms with Crippen LogP contribution in [0.2, 0.25) is 0 Å². The number of alkyl halides is 1. The van der Waals surface area contributed by atoms with Gasteiger partial charge in [0.1, 0.15) is 5.38 Å². The molecule has 3 aliphatic rings. The number of hydrogen-bond acceptors (Lipinski definition) is 2. The third-order valence-electron chi connectivity index (χ3n) is 4.12. The van der Waals surface area contributed by atoms with E-state index in [2.05, 4.69) is 4.99 Å². The zero-order chi connectivity index (χ0) is 13.6. The van der Waals surface area contributed by atoms with Gasteiger partial charge in [0.15, 0.2) is 0 Å². The molecule has 0 saturated heterocycles. The van der Waals surface area contributed by atoms with Crippen molar-refractivity contribution in [2.45, 2.75) is 37.1 Å². The lowest BCUT2D eigenvalue weighted by Gasteiger charge is -2.29. The van der Waals surface area contributed by atoms with Crippen molar-refractivity contribution in [2.75, 3.05) is 7.05 Å². The molecule has 0 N–H and O–H groups in total. The van der Waals surface area contributed by atoms with Crippen LogP contribution in [0.5, 0.6) is 0 Å². The summed E-state index contributed by atoms with van der Waals surface area (Å²) in [7, 11) is 1.86. The van der Waals surface area contributed by atoms with Crippen molar-refractivity contribution in [2.24, 2.45) is 16.8 Å². The Hall–Kier alpha value is -1.16. The largest absolute Gasteiger partial charge is 0.338 e. The fraction of sp³-hybridized carbons (Fsp3) is 0.643. The molecule has 0 aromatic rings. The number of nitrogens with zero attached hydrogens (tertiary/aromatic N) is 2. The summed E-state index contributed by atoms with van der Waals surface area (Å²) in [5.41, 5.74) is 0.438. The lowest BCUT2D eigenvalue weighted by Crippen LogP contribution is -2.41. The standard InChI is InChI=1S/C14H17ClN2O2/c1-17(12(8-2-3-8)9-4-5-9)14(19)10-6-11(15)13(18)16-7-10/h6-9,11-12H,2-5H2,1H3. The molecule has 1 atom stereocenters. The lowest BCUT2D eigenvalue weighted by molar-refractivity contribution is -0.128. The van der Waals surface area contributed by atoms with Gasteiger partial charge in [0.05, 0.1) is 5.57 Å². The van der Waals surface area contributed by atoms with Gasteiger partial charge in [-0.3, -0.25) is 9.59 Å². The number of rotatable bonds is 4. The molecule has 102 valence electrons. The maximum atomic E-state index is 12.5. The first kappa shape index (κ1) is 12.9. The third-order valence-corrected chi connectivity index (χ3v) is 4.43. The van der Waals surface area contributed by atoms with E-state index in [4.69, 9.17) is 11.6 Å². The number of carbonyl (C=O) groups is 2. The monoisotopic (exact) mass is 280 g/mol. The van der Waals surface area contributed by atoms with Gasteiger partial charge in [-0.05, 0) is 43.6 Å². The number of carbonyl (C=O) groups excluding carboxylic acids is 2.